The van der Waals surface area contributed by atoms with Crippen LogP contribution in [0.4, 0.5) is 0 Å². The number of hydrogen-bond acceptors (Lipinski definition) is 2. The summed E-state index contributed by atoms with van der Waals surface area (Å²) in [5.74, 6) is -0.154. The van der Waals surface area contributed by atoms with Gasteiger partial charge in [0, 0.05) is 37.7 Å². The molecule has 0 fully saturated rings. The van der Waals surface area contributed by atoms with E-state index in [4.69, 9.17) is 11.6 Å². The summed E-state index contributed by atoms with van der Waals surface area (Å²) in [5.41, 5.74) is 1.57. The van der Waals surface area contributed by atoms with Crippen LogP contribution in [0.3, 0.4) is 0 Å². The second kappa shape index (κ2) is 5.01. The molecular formula is C12H12ClN3O. The fourth-order valence-corrected chi connectivity index (χ4v) is 1.67. The molecule has 5 heteroatoms. The molecule has 4 nitrogen and oxygen atoms in total. The summed E-state index contributed by atoms with van der Waals surface area (Å²) >= 11 is 5.71. The smallest absolute Gasteiger partial charge is 0.251 e. The van der Waals surface area contributed by atoms with Crippen molar-refractivity contribution in [3.8, 4) is 0 Å². The van der Waals surface area contributed by atoms with Crippen LogP contribution < -0.4 is 5.32 Å². The molecule has 0 saturated carbocycles. The first-order valence-electron chi connectivity index (χ1n) is 5.16. The van der Waals surface area contributed by atoms with Gasteiger partial charge in [0.1, 0.15) is 5.15 Å². The minimum Gasteiger partial charge on any atom is -0.357 e. The summed E-state index contributed by atoms with van der Waals surface area (Å²) in [6.07, 6.45) is 5.41. The minimum absolute atomic E-state index is 0.154. The minimum atomic E-state index is -0.154. The van der Waals surface area contributed by atoms with Crippen molar-refractivity contribution in [1.82, 2.24) is 14.9 Å². The Morgan fingerprint density at radius 3 is 3.00 bits per heavy atom. The lowest BCUT2D eigenvalue weighted by molar-refractivity contribution is 0.0951. The van der Waals surface area contributed by atoms with Crippen molar-refractivity contribution in [2.45, 2.75) is 6.54 Å². The number of halogens is 1. The number of rotatable bonds is 3. The first-order valence-corrected chi connectivity index (χ1v) is 5.53. The highest BCUT2D eigenvalue weighted by atomic mass is 35.5. The van der Waals surface area contributed by atoms with E-state index in [1.165, 1.54) is 6.20 Å². The van der Waals surface area contributed by atoms with Crippen molar-refractivity contribution < 1.29 is 4.79 Å². The highest BCUT2D eigenvalue weighted by Gasteiger charge is 2.06. The van der Waals surface area contributed by atoms with Crippen LogP contribution >= 0.6 is 11.6 Å². The lowest BCUT2D eigenvalue weighted by atomic mass is 10.2. The molecule has 2 heterocycles. The van der Waals surface area contributed by atoms with Gasteiger partial charge in [-0.05, 0) is 23.8 Å². The molecule has 0 atom stereocenters. The summed E-state index contributed by atoms with van der Waals surface area (Å²) in [7, 11) is 1.94. The standard InChI is InChI=1S/C12H12ClN3O/c1-16-5-3-9(8-16)7-15-12(17)10-2-4-14-11(13)6-10/h2-6,8H,7H2,1H3,(H,15,17). The van der Waals surface area contributed by atoms with Gasteiger partial charge in [0.15, 0.2) is 0 Å². The van der Waals surface area contributed by atoms with Crippen LogP contribution in [-0.2, 0) is 13.6 Å². The molecule has 2 rings (SSSR count). The molecule has 0 aliphatic rings. The molecule has 1 amide bonds. The zero-order chi connectivity index (χ0) is 12.3. The number of aryl methyl sites for hydroxylation is 1. The highest BCUT2D eigenvalue weighted by molar-refractivity contribution is 6.29. The SMILES string of the molecule is Cn1ccc(CNC(=O)c2ccnc(Cl)c2)c1. The number of nitrogens with one attached hydrogen (secondary N) is 1. The molecule has 88 valence electrons. The van der Waals surface area contributed by atoms with Gasteiger partial charge in [-0.15, -0.1) is 0 Å². The van der Waals surface area contributed by atoms with Crippen LogP contribution in [0.2, 0.25) is 5.15 Å². The number of hydrogen-bond donors (Lipinski definition) is 1. The van der Waals surface area contributed by atoms with Crippen molar-refractivity contribution >= 4 is 17.5 Å². The third-order valence-corrected chi connectivity index (χ3v) is 2.54. The number of amides is 1. The van der Waals surface area contributed by atoms with Crippen LogP contribution in [0, 0.1) is 0 Å². The monoisotopic (exact) mass is 249 g/mol. The Hall–Kier alpha value is -1.81. The molecule has 0 bridgehead atoms. The van der Waals surface area contributed by atoms with E-state index in [2.05, 4.69) is 10.3 Å². The number of carbonyl (C=O) groups excluding carboxylic acids is 1. The first-order chi connectivity index (χ1) is 8.15. The van der Waals surface area contributed by atoms with E-state index in [1.54, 1.807) is 12.1 Å². The van der Waals surface area contributed by atoms with Crippen molar-refractivity contribution in [3.05, 3.63) is 53.1 Å². The molecule has 0 unspecified atom stereocenters. The molecule has 0 aliphatic heterocycles. The molecule has 2 aromatic rings. The Bertz CT molecular complexity index is 536. The van der Waals surface area contributed by atoms with Gasteiger partial charge in [0.25, 0.3) is 5.91 Å². The molecule has 2 aromatic heterocycles. The van der Waals surface area contributed by atoms with Gasteiger partial charge in [-0.25, -0.2) is 4.98 Å². The lowest BCUT2D eigenvalue weighted by Gasteiger charge is -2.03. The third kappa shape index (κ3) is 3.07. The third-order valence-electron chi connectivity index (χ3n) is 2.34. The Labute approximate surface area is 104 Å². The molecule has 17 heavy (non-hydrogen) atoms. The van der Waals surface area contributed by atoms with Crippen molar-refractivity contribution in [2.75, 3.05) is 0 Å². The van der Waals surface area contributed by atoms with E-state index >= 15 is 0 Å². The van der Waals surface area contributed by atoms with Gasteiger partial charge in [0.05, 0.1) is 0 Å². The molecule has 0 saturated heterocycles. The van der Waals surface area contributed by atoms with Gasteiger partial charge in [0.2, 0.25) is 0 Å². The predicted octanol–water partition coefficient (Wildman–Crippen LogP) is 2.00. The van der Waals surface area contributed by atoms with E-state index in [0.29, 0.717) is 17.3 Å². The van der Waals surface area contributed by atoms with Gasteiger partial charge < -0.3 is 9.88 Å². The summed E-state index contributed by atoms with van der Waals surface area (Å²) in [5, 5.41) is 3.13. The zero-order valence-electron chi connectivity index (χ0n) is 9.35. The van der Waals surface area contributed by atoms with Gasteiger partial charge in [-0.2, -0.15) is 0 Å². The number of aromatic nitrogens is 2. The fourth-order valence-electron chi connectivity index (χ4n) is 1.49. The number of carbonyl (C=O) groups is 1. The van der Waals surface area contributed by atoms with Crippen LogP contribution in [-0.4, -0.2) is 15.5 Å². The van der Waals surface area contributed by atoms with Crippen LogP contribution in [0.1, 0.15) is 15.9 Å². The number of nitrogens with zero attached hydrogens (tertiary/aromatic N) is 2. The molecule has 0 spiro atoms. The van der Waals surface area contributed by atoms with Crippen LogP contribution in [0.25, 0.3) is 0 Å². The Kier molecular flexibility index (Phi) is 3.44. The summed E-state index contributed by atoms with van der Waals surface area (Å²) in [4.78, 5) is 15.6. The quantitative estimate of drug-likeness (QED) is 0.846. The first kappa shape index (κ1) is 11.7. The Morgan fingerprint density at radius 2 is 2.35 bits per heavy atom. The average Bonchev–Trinajstić information content (AvgIpc) is 2.72. The summed E-state index contributed by atoms with van der Waals surface area (Å²) < 4.78 is 1.94. The maximum atomic E-state index is 11.8. The molecule has 1 N–H and O–H groups in total. The zero-order valence-corrected chi connectivity index (χ0v) is 10.1. The maximum absolute atomic E-state index is 11.8. The van der Waals surface area contributed by atoms with Gasteiger partial charge in [-0.1, -0.05) is 11.6 Å². The van der Waals surface area contributed by atoms with Crippen molar-refractivity contribution in [1.29, 1.82) is 0 Å². The summed E-state index contributed by atoms with van der Waals surface area (Å²) in [6.45, 7) is 0.500. The molecule has 0 radical (unpaired) electrons. The molecule has 0 aliphatic carbocycles. The van der Waals surface area contributed by atoms with E-state index in [-0.39, 0.29) is 5.91 Å². The average molecular weight is 250 g/mol. The van der Waals surface area contributed by atoms with Gasteiger partial charge in [-0.3, -0.25) is 4.79 Å². The van der Waals surface area contributed by atoms with Gasteiger partial charge >= 0.3 is 0 Å². The van der Waals surface area contributed by atoms with Crippen LogP contribution in [0.15, 0.2) is 36.8 Å². The molecular weight excluding hydrogens is 238 g/mol. The van der Waals surface area contributed by atoms with E-state index in [9.17, 15) is 4.79 Å². The topological polar surface area (TPSA) is 46.9 Å². The van der Waals surface area contributed by atoms with E-state index in [1.807, 2.05) is 30.1 Å². The largest absolute Gasteiger partial charge is 0.357 e. The Morgan fingerprint density at radius 1 is 1.53 bits per heavy atom. The second-order valence-corrected chi connectivity index (χ2v) is 4.12. The fraction of sp³-hybridized carbons (Fsp3) is 0.167. The van der Waals surface area contributed by atoms with Crippen molar-refractivity contribution in [2.24, 2.45) is 7.05 Å². The van der Waals surface area contributed by atoms with E-state index < -0.39 is 0 Å². The Balaban J connectivity index is 1.98. The highest BCUT2D eigenvalue weighted by Crippen LogP contribution is 2.07. The molecule has 0 aromatic carbocycles. The second-order valence-electron chi connectivity index (χ2n) is 3.74. The normalized spacial score (nSPS) is 10.2. The number of pyridine rings is 1. The van der Waals surface area contributed by atoms with E-state index in [0.717, 1.165) is 5.56 Å². The summed E-state index contributed by atoms with van der Waals surface area (Å²) in [6, 6.07) is 5.13. The lowest BCUT2D eigenvalue weighted by Crippen LogP contribution is -2.22. The van der Waals surface area contributed by atoms with Crippen molar-refractivity contribution in [3.63, 3.8) is 0 Å². The maximum Gasteiger partial charge on any atom is 0.251 e. The predicted molar refractivity (Wildman–Crippen MR) is 65.8 cm³/mol. The van der Waals surface area contributed by atoms with Crippen LogP contribution in [0.5, 0.6) is 0 Å².